The number of rotatable bonds is 10. The van der Waals surface area contributed by atoms with Gasteiger partial charge in [0.25, 0.3) is 15.9 Å². The van der Waals surface area contributed by atoms with Crippen molar-refractivity contribution < 1.29 is 27.9 Å². The molecule has 0 radical (unpaired) electrons. The smallest absolute Gasteiger partial charge is 0.336 e. The van der Waals surface area contributed by atoms with Crippen LogP contribution in [0.2, 0.25) is 0 Å². The highest BCUT2D eigenvalue weighted by Gasteiger charge is 2.27. The van der Waals surface area contributed by atoms with Crippen molar-refractivity contribution in [1.82, 2.24) is 5.43 Å². The number of para-hydroxylation sites is 1. The summed E-state index contributed by atoms with van der Waals surface area (Å²) in [4.78, 5) is 23.9. The van der Waals surface area contributed by atoms with E-state index in [2.05, 4.69) is 10.5 Å². The Balaban J connectivity index is 1.82. The topological polar surface area (TPSA) is 125 Å². The predicted molar refractivity (Wildman–Crippen MR) is 128 cm³/mol. The van der Waals surface area contributed by atoms with Crippen LogP contribution in [0, 0.1) is 0 Å². The van der Waals surface area contributed by atoms with Gasteiger partial charge in [-0.1, -0.05) is 36.4 Å². The van der Waals surface area contributed by atoms with Gasteiger partial charge < -0.3 is 9.84 Å². The fourth-order valence-electron chi connectivity index (χ4n) is 3.05. The Labute approximate surface area is 197 Å². The van der Waals surface area contributed by atoms with Gasteiger partial charge in [0.15, 0.2) is 0 Å². The van der Waals surface area contributed by atoms with Gasteiger partial charge in [0.2, 0.25) is 0 Å². The number of carboxylic acids is 1. The minimum absolute atomic E-state index is 0.00788. The first-order valence-corrected chi connectivity index (χ1v) is 11.7. The molecule has 0 aliphatic carbocycles. The molecule has 0 bridgehead atoms. The number of carbonyl (C=O) groups excluding carboxylic acids is 1. The number of carbonyl (C=O) groups is 2. The number of nitrogens with one attached hydrogen (secondary N) is 1. The maximum absolute atomic E-state index is 13.4. The highest BCUT2D eigenvalue weighted by molar-refractivity contribution is 7.92. The number of nitrogens with zero attached hydrogens (tertiary/aromatic N) is 2. The van der Waals surface area contributed by atoms with Crippen LogP contribution in [-0.2, 0) is 14.8 Å². The zero-order valence-corrected chi connectivity index (χ0v) is 19.1. The van der Waals surface area contributed by atoms with Crippen LogP contribution in [0.5, 0.6) is 5.75 Å². The normalized spacial score (nSPS) is 11.2. The number of benzene rings is 3. The highest BCUT2D eigenvalue weighted by atomic mass is 32.2. The number of ether oxygens (including phenoxy) is 1. The molecule has 0 heterocycles. The van der Waals surface area contributed by atoms with E-state index in [1.54, 1.807) is 54.6 Å². The fraction of sp³-hybridized carbons (Fsp3) is 0.125. The second kappa shape index (κ2) is 11.1. The van der Waals surface area contributed by atoms with Gasteiger partial charge in [-0.25, -0.2) is 18.6 Å². The molecule has 2 N–H and O–H groups in total. The molecular formula is C24H23N3O6S. The Morgan fingerprint density at radius 2 is 1.65 bits per heavy atom. The number of amides is 1. The van der Waals surface area contributed by atoms with Gasteiger partial charge in [0.05, 0.1) is 29.0 Å². The van der Waals surface area contributed by atoms with Crippen LogP contribution in [0.25, 0.3) is 0 Å². The SMILES string of the molecule is CCOc1ccc(S(=O)(=O)N(CC(=O)N/N=C/c2ccccc2C(=O)O)c2ccccc2)cc1. The standard InChI is InChI=1S/C24H23N3O6S/c1-2-33-20-12-14-21(15-13-20)34(31,32)27(19-9-4-3-5-10-19)17-23(28)26-25-16-18-8-6-7-11-22(18)24(29)30/h3-16H,2,17H2,1H3,(H,26,28)(H,29,30)/b25-16+. The van der Waals surface area contributed by atoms with Crippen LogP contribution in [0.15, 0.2) is 88.9 Å². The number of sulfonamides is 1. The van der Waals surface area contributed by atoms with Crippen molar-refractivity contribution in [1.29, 1.82) is 0 Å². The van der Waals surface area contributed by atoms with E-state index in [1.165, 1.54) is 30.5 Å². The number of aromatic carboxylic acids is 1. The molecule has 0 saturated heterocycles. The first-order chi connectivity index (χ1) is 16.3. The summed E-state index contributed by atoms with van der Waals surface area (Å²) in [5.74, 6) is -1.31. The van der Waals surface area contributed by atoms with Crippen molar-refractivity contribution in [3.8, 4) is 5.75 Å². The van der Waals surface area contributed by atoms with Crippen molar-refractivity contribution >= 4 is 33.8 Å². The minimum Gasteiger partial charge on any atom is -0.494 e. The van der Waals surface area contributed by atoms with Gasteiger partial charge >= 0.3 is 5.97 Å². The molecule has 9 nitrogen and oxygen atoms in total. The van der Waals surface area contributed by atoms with E-state index < -0.39 is 28.4 Å². The first kappa shape index (κ1) is 24.5. The molecule has 0 spiro atoms. The number of hydrazone groups is 1. The van der Waals surface area contributed by atoms with Crippen molar-refractivity contribution in [2.45, 2.75) is 11.8 Å². The van der Waals surface area contributed by atoms with Gasteiger partial charge in [-0.2, -0.15) is 5.10 Å². The molecule has 3 aromatic carbocycles. The summed E-state index contributed by atoms with van der Waals surface area (Å²) in [5.41, 5.74) is 2.86. The number of anilines is 1. The van der Waals surface area contributed by atoms with E-state index in [4.69, 9.17) is 4.74 Å². The van der Waals surface area contributed by atoms with Crippen molar-refractivity contribution in [3.63, 3.8) is 0 Å². The third kappa shape index (κ3) is 5.99. The van der Waals surface area contributed by atoms with Crippen LogP contribution in [0.1, 0.15) is 22.8 Å². The molecule has 176 valence electrons. The largest absolute Gasteiger partial charge is 0.494 e. The lowest BCUT2D eigenvalue weighted by Gasteiger charge is -2.23. The summed E-state index contributed by atoms with van der Waals surface area (Å²) in [5, 5.41) is 13.0. The zero-order chi connectivity index (χ0) is 24.6. The van der Waals surface area contributed by atoms with Crippen LogP contribution in [0.4, 0.5) is 5.69 Å². The zero-order valence-electron chi connectivity index (χ0n) is 18.3. The molecule has 0 unspecified atom stereocenters. The lowest BCUT2D eigenvalue weighted by atomic mass is 10.1. The quantitative estimate of drug-likeness (QED) is 0.339. The molecule has 3 aromatic rings. The fourth-order valence-corrected chi connectivity index (χ4v) is 4.48. The molecule has 0 atom stereocenters. The monoisotopic (exact) mass is 481 g/mol. The molecular weight excluding hydrogens is 458 g/mol. The van der Waals surface area contributed by atoms with Gasteiger partial charge in [-0.3, -0.25) is 9.10 Å². The average Bonchev–Trinajstić information content (AvgIpc) is 2.84. The maximum atomic E-state index is 13.4. The summed E-state index contributed by atoms with van der Waals surface area (Å²) in [7, 11) is -4.09. The van der Waals surface area contributed by atoms with Gasteiger partial charge in [0, 0.05) is 5.56 Å². The average molecular weight is 482 g/mol. The van der Waals surface area contributed by atoms with Crippen LogP contribution in [-0.4, -0.2) is 44.8 Å². The number of hydrogen-bond acceptors (Lipinski definition) is 6. The highest BCUT2D eigenvalue weighted by Crippen LogP contribution is 2.25. The van der Waals surface area contributed by atoms with E-state index in [1.807, 2.05) is 6.92 Å². The number of hydrogen-bond donors (Lipinski definition) is 2. The summed E-state index contributed by atoms with van der Waals surface area (Å²) in [6, 6.07) is 20.3. The molecule has 10 heteroatoms. The number of carboxylic acid groups (broad SMARTS) is 1. The van der Waals surface area contributed by atoms with Crippen LogP contribution in [0.3, 0.4) is 0 Å². The lowest BCUT2D eigenvalue weighted by molar-refractivity contribution is -0.119. The van der Waals surface area contributed by atoms with Crippen molar-refractivity contribution in [2.24, 2.45) is 5.10 Å². The molecule has 1 amide bonds. The second-order valence-corrected chi connectivity index (χ2v) is 8.80. The predicted octanol–water partition coefficient (Wildman–Crippen LogP) is 3.13. The molecule has 0 aliphatic rings. The Kier molecular flexibility index (Phi) is 7.99. The summed E-state index contributed by atoms with van der Waals surface area (Å²) in [6.07, 6.45) is 1.19. The van der Waals surface area contributed by atoms with Gasteiger partial charge in [0.1, 0.15) is 12.3 Å². The van der Waals surface area contributed by atoms with Crippen LogP contribution >= 0.6 is 0 Å². The Hall–Kier alpha value is -4.18. The maximum Gasteiger partial charge on any atom is 0.336 e. The molecule has 0 saturated carbocycles. The molecule has 34 heavy (non-hydrogen) atoms. The Bertz CT molecular complexity index is 1280. The lowest BCUT2D eigenvalue weighted by Crippen LogP contribution is -2.39. The van der Waals surface area contributed by atoms with E-state index in [0.717, 1.165) is 4.31 Å². The summed E-state index contributed by atoms with van der Waals surface area (Å²) >= 11 is 0. The summed E-state index contributed by atoms with van der Waals surface area (Å²) in [6.45, 7) is 1.72. The Morgan fingerprint density at radius 1 is 1.00 bits per heavy atom. The summed E-state index contributed by atoms with van der Waals surface area (Å²) < 4.78 is 33.0. The van der Waals surface area contributed by atoms with Crippen molar-refractivity contribution in [2.75, 3.05) is 17.5 Å². The second-order valence-electron chi connectivity index (χ2n) is 6.94. The van der Waals surface area contributed by atoms with E-state index in [9.17, 15) is 23.1 Å². The van der Waals surface area contributed by atoms with E-state index in [0.29, 0.717) is 18.0 Å². The van der Waals surface area contributed by atoms with Gasteiger partial charge in [-0.15, -0.1) is 0 Å². The van der Waals surface area contributed by atoms with E-state index in [-0.39, 0.29) is 16.0 Å². The van der Waals surface area contributed by atoms with E-state index >= 15 is 0 Å². The minimum atomic E-state index is -4.09. The van der Waals surface area contributed by atoms with Crippen molar-refractivity contribution in [3.05, 3.63) is 90.0 Å². The first-order valence-electron chi connectivity index (χ1n) is 10.3. The third-order valence-corrected chi connectivity index (χ3v) is 6.43. The molecule has 3 rings (SSSR count). The Morgan fingerprint density at radius 3 is 2.29 bits per heavy atom. The van der Waals surface area contributed by atoms with Gasteiger partial charge in [-0.05, 0) is 49.4 Å². The molecule has 0 aromatic heterocycles. The molecule has 0 fully saturated rings. The van der Waals surface area contributed by atoms with Crippen LogP contribution < -0.4 is 14.5 Å². The third-order valence-electron chi connectivity index (χ3n) is 4.64. The molecule has 0 aliphatic heterocycles.